The van der Waals surface area contributed by atoms with E-state index in [0.717, 1.165) is 5.56 Å². The molecule has 0 aliphatic rings. The maximum Gasteiger partial charge on any atom is 0.408 e. The molecule has 0 fully saturated rings. The average Bonchev–Trinajstić information content (AvgIpc) is 2.78. The zero-order valence-corrected chi connectivity index (χ0v) is 21.4. The van der Waals surface area contributed by atoms with E-state index in [1.54, 1.807) is 32.9 Å². The molecule has 3 N–H and O–H groups in total. The van der Waals surface area contributed by atoms with Gasteiger partial charge in [-0.25, -0.2) is 4.79 Å². The van der Waals surface area contributed by atoms with Crippen LogP contribution in [0, 0.1) is 0 Å². The summed E-state index contributed by atoms with van der Waals surface area (Å²) < 4.78 is 5.24. The number of hydrogen-bond acceptors (Lipinski definition) is 5. The van der Waals surface area contributed by atoms with Gasteiger partial charge in [-0.2, -0.15) is 0 Å². The number of hydrogen-bond donors (Lipinski definition) is 3. The van der Waals surface area contributed by atoms with E-state index in [-0.39, 0.29) is 18.8 Å². The van der Waals surface area contributed by atoms with Crippen molar-refractivity contribution in [3.8, 4) is 5.75 Å². The summed E-state index contributed by atoms with van der Waals surface area (Å²) in [5.41, 5.74) is -0.0819. The van der Waals surface area contributed by atoms with Gasteiger partial charge in [-0.1, -0.05) is 49.4 Å². The van der Waals surface area contributed by atoms with Crippen LogP contribution in [0.25, 0.3) is 0 Å². The Balaban J connectivity index is 2.38. The Labute approximate surface area is 207 Å². The van der Waals surface area contributed by atoms with Crippen LogP contribution < -0.4 is 10.6 Å². The highest BCUT2D eigenvalue weighted by molar-refractivity contribution is 5.91. The number of phenolic OH excluding ortho intramolecular Hbond substituents is 1. The minimum Gasteiger partial charge on any atom is -0.508 e. The molecule has 0 spiro atoms. The molecule has 2 aromatic rings. The molecule has 8 heteroatoms. The molecule has 0 heterocycles. The summed E-state index contributed by atoms with van der Waals surface area (Å²) in [4.78, 5) is 40.7. The Bertz CT molecular complexity index is 1010. The standard InChI is InChI=1S/C27H37N3O5/c1-7-27(5,6)30(22(32)18-29-25(34)35-26(2,3)4)23(20-14-11-15-21(31)16-20)24(33)28-17-19-12-9-8-10-13-19/h8-16,23,31H,7,17-18H2,1-6H3,(H,28,33)(H,29,34). The van der Waals surface area contributed by atoms with Crippen molar-refractivity contribution < 1.29 is 24.2 Å². The quantitative estimate of drug-likeness (QED) is 0.493. The van der Waals surface area contributed by atoms with E-state index >= 15 is 0 Å². The minimum atomic E-state index is -1.03. The fourth-order valence-corrected chi connectivity index (χ4v) is 3.54. The summed E-state index contributed by atoms with van der Waals surface area (Å²) in [5.74, 6) is -0.866. The van der Waals surface area contributed by atoms with Crippen molar-refractivity contribution in [3.63, 3.8) is 0 Å². The lowest BCUT2D eigenvalue weighted by Crippen LogP contribution is -2.56. The van der Waals surface area contributed by atoms with E-state index in [0.29, 0.717) is 12.0 Å². The lowest BCUT2D eigenvalue weighted by Gasteiger charge is -2.43. The summed E-state index contributed by atoms with van der Waals surface area (Å²) in [6, 6.07) is 14.7. The van der Waals surface area contributed by atoms with Crippen LogP contribution in [0.5, 0.6) is 5.75 Å². The summed E-state index contributed by atoms with van der Waals surface area (Å²) in [5, 5.41) is 15.5. The first-order valence-electron chi connectivity index (χ1n) is 11.7. The van der Waals surface area contributed by atoms with Crippen molar-refractivity contribution >= 4 is 17.9 Å². The van der Waals surface area contributed by atoms with Gasteiger partial charge in [-0.3, -0.25) is 9.59 Å². The van der Waals surface area contributed by atoms with Gasteiger partial charge in [0.1, 0.15) is 23.9 Å². The Morgan fingerprint density at radius 1 is 0.971 bits per heavy atom. The first-order chi connectivity index (χ1) is 16.3. The minimum absolute atomic E-state index is 0.0167. The second-order valence-electron chi connectivity index (χ2n) is 9.99. The number of nitrogens with one attached hydrogen (secondary N) is 2. The third kappa shape index (κ3) is 8.31. The van der Waals surface area contributed by atoms with Gasteiger partial charge in [0.25, 0.3) is 0 Å². The smallest absolute Gasteiger partial charge is 0.408 e. The molecular formula is C27H37N3O5. The topological polar surface area (TPSA) is 108 Å². The van der Waals surface area contributed by atoms with Crippen LogP contribution in [-0.4, -0.2) is 45.6 Å². The van der Waals surface area contributed by atoms with E-state index < -0.39 is 35.1 Å². The van der Waals surface area contributed by atoms with E-state index in [1.165, 1.54) is 17.0 Å². The fraction of sp³-hybridized carbons (Fsp3) is 0.444. The van der Waals surface area contributed by atoms with Crippen LogP contribution >= 0.6 is 0 Å². The van der Waals surface area contributed by atoms with E-state index in [2.05, 4.69) is 10.6 Å². The highest BCUT2D eigenvalue weighted by atomic mass is 16.6. The van der Waals surface area contributed by atoms with Gasteiger partial charge in [0.15, 0.2) is 0 Å². The lowest BCUT2D eigenvalue weighted by atomic mass is 9.92. The summed E-state index contributed by atoms with van der Waals surface area (Å²) in [7, 11) is 0. The van der Waals surface area contributed by atoms with Crippen molar-refractivity contribution in [3.05, 3.63) is 65.7 Å². The second-order valence-corrected chi connectivity index (χ2v) is 9.99. The van der Waals surface area contributed by atoms with Gasteiger partial charge < -0.3 is 25.4 Å². The van der Waals surface area contributed by atoms with Crippen molar-refractivity contribution in [2.45, 2.75) is 71.7 Å². The molecule has 3 amide bonds. The predicted octanol–water partition coefficient (Wildman–Crippen LogP) is 4.29. The molecule has 8 nitrogen and oxygen atoms in total. The average molecular weight is 484 g/mol. The largest absolute Gasteiger partial charge is 0.508 e. The molecule has 0 saturated carbocycles. The van der Waals surface area contributed by atoms with Crippen LogP contribution in [0.2, 0.25) is 0 Å². The Morgan fingerprint density at radius 3 is 2.20 bits per heavy atom. The van der Waals surface area contributed by atoms with Gasteiger partial charge >= 0.3 is 6.09 Å². The lowest BCUT2D eigenvalue weighted by molar-refractivity contribution is -0.146. The van der Waals surface area contributed by atoms with Crippen LogP contribution in [-0.2, 0) is 20.9 Å². The third-order valence-electron chi connectivity index (χ3n) is 5.57. The van der Waals surface area contributed by atoms with Crippen molar-refractivity contribution in [2.24, 2.45) is 0 Å². The molecule has 2 aromatic carbocycles. The molecule has 0 aliphatic carbocycles. The molecule has 190 valence electrons. The normalized spacial score (nSPS) is 12.4. The fourth-order valence-electron chi connectivity index (χ4n) is 3.54. The third-order valence-corrected chi connectivity index (χ3v) is 5.57. The van der Waals surface area contributed by atoms with Crippen LogP contribution in [0.1, 0.15) is 65.1 Å². The SMILES string of the molecule is CCC(C)(C)N(C(=O)CNC(=O)OC(C)(C)C)C(C(=O)NCc1ccccc1)c1cccc(O)c1. The molecule has 1 unspecified atom stereocenters. The molecule has 35 heavy (non-hydrogen) atoms. The van der Waals surface area contributed by atoms with Crippen molar-refractivity contribution in [1.29, 1.82) is 0 Å². The zero-order valence-electron chi connectivity index (χ0n) is 21.4. The van der Waals surface area contributed by atoms with E-state index in [9.17, 15) is 19.5 Å². The number of ether oxygens (including phenoxy) is 1. The number of benzene rings is 2. The number of aromatic hydroxyl groups is 1. The van der Waals surface area contributed by atoms with Gasteiger partial charge in [0.05, 0.1) is 0 Å². The maximum atomic E-state index is 13.6. The number of carbonyl (C=O) groups is 3. The number of rotatable bonds is 9. The van der Waals surface area contributed by atoms with E-state index in [1.807, 2.05) is 51.1 Å². The first kappa shape index (κ1) is 27.7. The molecule has 0 aromatic heterocycles. The molecule has 2 rings (SSSR count). The first-order valence-corrected chi connectivity index (χ1v) is 11.7. The Hall–Kier alpha value is -3.55. The highest BCUT2D eigenvalue weighted by Crippen LogP contribution is 2.32. The van der Waals surface area contributed by atoms with Crippen LogP contribution in [0.3, 0.4) is 0 Å². The van der Waals surface area contributed by atoms with Gasteiger partial charge in [0, 0.05) is 12.1 Å². The summed E-state index contributed by atoms with van der Waals surface area (Å²) in [6.45, 7) is 10.8. The molecular weight excluding hydrogens is 446 g/mol. The Morgan fingerprint density at radius 2 is 1.63 bits per heavy atom. The number of alkyl carbamates (subject to hydrolysis) is 1. The monoisotopic (exact) mass is 483 g/mol. The van der Waals surface area contributed by atoms with Gasteiger partial charge in [-0.05, 0) is 64.3 Å². The molecule has 0 radical (unpaired) electrons. The number of phenols is 1. The Kier molecular flexibility index (Phi) is 9.28. The number of carbonyl (C=O) groups excluding carboxylic acids is 3. The van der Waals surface area contributed by atoms with Gasteiger partial charge in [-0.15, -0.1) is 0 Å². The zero-order chi connectivity index (χ0) is 26.2. The molecule has 1 atom stereocenters. The van der Waals surface area contributed by atoms with Crippen LogP contribution in [0.15, 0.2) is 54.6 Å². The molecule has 0 aliphatic heterocycles. The second kappa shape index (κ2) is 11.7. The number of nitrogens with zero attached hydrogens (tertiary/aromatic N) is 1. The maximum absolute atomic E-state index is 13.6. The predicted molar refractivity (Wildman–Crippen MR) is 135 cm³/mol. The van der Waals surface area contributed by atoms with E-state index in [4.69, 9.17) is 4.74 Å². The highest BCUT2D eigenvalue weighted by Gasteiger charge is 2.40. The van der Waals surface area contributed by atoms with Crippen molar-refractivity contribution in [1.82, 2.24) is 15.5 Å². The summed E-state index contributed by atoms with van der Waals surface area (Å²) in [6.07, 6.45) is -0.172. The summed E-state index contributed by atoms with van der Waals surface area (Å²) >= 11 is 0. The van der Waals surface area contributed by atoms with Crippen LogP contribution in [0.4, 0.5) is 4.79 Å². The molecule has 0 bridgehead atoms. The van der Waals surface area contributed by atoms with Crippen molar-refractivity contribution in [2.75, 3.05) is 6.54 Å². The van der Waals surface area contributed by atoms with Gasteiger partial charge in [0.2, 0.25) is 11.8 Å². The number of amides is 3. The molecule has 0 saturated heterocycles.